The maximum atomic E-state index is 13.8. The van der Waals surface area contributed by atoms with Crippen LogP contribution >= 0.6 is 0 Å². The van der Waals surface area contributed by atoms with Crippen LogP contribution in [-0.4, -0.2) is 49.1 Å². The molecule has 0 aromatic heterocycles. The van der Waals surface area contributed by atoms with Crippen LogP contribution in [0.4, 0.5) is 18.9 Å². The Morgan fingerprint density at radius 1 is 1.03 bits per heavy atom. The molecule has 2 aromatic carbocycles. The fourth-order valence-corrected chi connectivity index (χ4v) is 5.47. The van der Waals surface area contributed by atoms with Crippen LogP contribution in [0, 0.1) is 0 Å². The molecule has 34 heavy (non-hydrogen) atoms. The third-order valence-electron chi connectivity index (χ3n) is 7.26. The lowest BCUT2D eigenvalue weighted by molar-refractivity contribution is -0.138. The first-order chi connectivity index (χ1) is 16.3. The lowest BCUT2D eigenvalue weighted by Crippen LogP contribution is -2.50. The number of nitrogens with zero attached hydrogens (tertiary/aromatic N) is 2. The van der Waals surface area contributed by atoms with E-state index in [1.165, 1.54) is 16.0 Å². The van der Waals surface area contributed by atoms with Crippen LogP contribution in [0.1, 0.15) is 48.3 Å². The molecule has 2 aromatic rings. The van der Waals surface area contributed by atoms with E-state index < -0.39 is 30.6 Å². The minimum Gasteiger partial charge on any atom is -0.345 e. The normalized spacial score (nSPS) is 20.0. The lowest BCUT2D eigenvalue weighted by Gasteiger charge is -2.39. The van der Waals surface area contributed by atoms with E-state index in [0.29, 0.717) is 24.4 Å². The molecule has 0 radical (unpaired) electrons. The van der Waals surface area contributed by atoms with E-state index in [9.17, 15) is 22.8 Å². The number of rotatable bonds is 6. The summed E-state index contributed by atoms with van der Waals surface area (Å²) < 4.78 is 37.7. The summed E-state index contributed by atoms with van der Waals surface area (Å²) >= 11 is 0. The molecule has 3 aliphatic rings. The zero-order valence-electron chi connectivity index (χ0n) is 18.9. The summed E-state index contributed by atoms with van der Waals surface area (Å²) in [5, 5.41) is 1.91. The molecule has 5 rings (SSSR count). The van der Waals surface area contributed by atoms with E-state index in [4.69, 9.17) is 0 Å². The number of hydrogen-bond donors (Lipinski definition) is 1. The summed E-state index contributed by atoms with van der Waals surface area (Å²) in [6.45, 7) is 0.500. The number of hydrogen-bond acceptors (Lipinski definition) is 3. The number of halogens is 3. The van der Waals surface area contributed by atoms with Crippen molar-refractivity contribution < 1.29 is 22.8 Å². The highest BCUT2D eigenvalue weighted by atomic mass is 19.4. The van der Waals surface area contributed by atoms with Crippen molar-refractivity contribution in [3.8, 4) is 0 Å². The van der Waals surface area contributed by atoms with Gasteiger partial charge in [0.25, 0.3) is 0 Å². The van der Waals surface area contributed by atoms with Crippen LogP contribution in [0.15, 0.2) is 48.5 Å². The molecular formula is C26H28F3N3O2. The molecule has 1 N–H and O–H groups in total. The number of benzene rings is 2. The van der Waals surface area contributed by atoms with Crippen LogP contribution in [0.3, 0.4) is 0 Å². The predicted molar refractivity (Wildman–Crippen MR) is 122 cm³/mol. The number of carbonyl (C=O) groups is 2. The van der Waals surface area contributed by atoms with Crippen LogP contribution in [0.2, 0.25) is 0 Å². The minimum atomic E-state index is -4.49. The van der Waals surface area contributed by atoms with E-state index >= 15 is 0 Å². The number of fused-ring (bicyclic) bond motifs is 2. The smallest absolute Gasteiger partial charge is 0.345 e. The Morgan fingerprint density at radius 3 is 2.38 bits per heavy atom. The number of likely N-dealkylation sites (tertiary alicyclic amines) is 1. The van der Waals surface area contributed by atoms with Gasteiger partial charge in [0, 0.05) is 12.2 Å². The Kier molecular flexibility index (Phi) is 5.88. The molecule has 1 saturated heterocycles. The second-order valence-electron chi connectivity index (χ2n) is 9.64. The molecule has 180 valence electrons. The summed E-state index contributed by atoms with van der Waals surface area (Å²) in [5.74, 6) is -0.537. The van der Waals surface area contributed by atoms with Gasteiger partial charge in [0.05, 0.1) is 5.41 Å². The average Bonchev–Trinajstić information content (AvgIpc) is 3.64. The first-order valence-electron chi connectivity index (χ1n) is 11.8. The summed E-state index contributed by atoms with van der Waals surface area (Å²) in [7, 11) is 0. The average molecular weight is 472 g/mol. The second-order valence-corrected chi connectivity index (χ2v) is 9.64. The van der Waals surface area contributed by atoms with Gasteiger partial charge in [-0.1, -0.05) is 42.5 Å². The van der Waals surface area contributed by atoms with Crippen LogP contribution in [0.25, 0.3) is 0 Å². The van der Waals surface area contributed by atoms with Crippen molar-refractivity contribution in [3.63, 3.8) is 0 Å². The standard InChI is InChI=1S/C26H28F3N3O2/c27-26(28,29)17-30-22(33)16-32-21-8-4-7-20(19-9-10-19)23(21)25(24(32)34)11-13-31(14-12-25)15-18-5-2-1-3-6-18/h1-8,19H,9-17H2,(H,30,33). The molecular weight excluding hydrogens is 443 g/mol. The highest BCUT2D eigenvalue weighted by molar-refractivity contribution is 6.11. The predicted octanol–water partition coefficient (Wildman–Crippen LogP) is 4.12. The molecule has 2 fully saturated rings. The summed E-state index contributed by atoms with van der Waals surface area (Å²) in [4.78, 5) is 29.9. The van der Waals surface area contributed by atoms with E-state index in [1.807, 2.05) is 35.6 Å². The number of anilines is 1. The molecule has 1 saturated carbocycles. The first kappa shape index (κ1) is 22.9. The van der Waals surface area contributed by atoms with Gasteiger partial charge in [0.1, 0.15) is 13.1 Å². The third kappa shape index (κ3) is 4.43. The van der Waals surface area contributed by atoms with Crippen molar-refractivity contribution in [2.75, 3.05) is 31.1 Å². The Hall–Kier alpha value is -2.87. The molecule has 2 aliphatic heterocycles. The molecule has 0 bridgehead atoms. The summed E-state index contributed by atoms with van der Waals surface area (Å²) in [6, 6.07) is 16.0. The van der Waals surface area contributed by atoms with Gasteiger partial charge < -0.3 is 10.2 Å². The second kappa shape index (κ2) is 8.73. The van der Waals surface area contributed by atoms with E-state index in [2.05, 4.69) is 23.1 Å². The molecule has 0 atom stereocenters. The maximum absolute atomic E-state index is 13.8. The van der Waals surface area contributed by atoms with Crippen molar-refractivity contribution in [2.24, 2.45) is 0 Å². The highest BCUT2D eigenvalue weighted by Crippen LogP contribution is 2.54. The van der Waals surface area contributed by atoms with Crippen LogP contribution in [-0.2, 0) is 21.5 Å². The minimum absolute atomic E-state index is 0.155. The van der Waals surface area contributed by atoms with Gasteiger partial charge >= 0.3 is 6.18 Å². The maximum Gasteiger partial charge on any atom is 0.405 e. The van der Waals surface area contributed by atoms with Crippen molar-refractivity contribution in [1.29, 1.82) is 0 Å². The molecule has 5 nitrogen and oxygen atoms in total. The van der Waals surface area contributed by atoms with Gasteiger partial charge in [-0.2, -0.15) is 13.2 Å². The van der Waals surface area contributed by atoms with Gasteiger partial charge in [0.15, 0.2) is 0 Å². The van der Waals surface area contributed by atoms with Gasteiger partial charge in [-0.15, -0.1) is 0 Å². The topological polar surface area (TPSA) is 52.7 Å². The zero-order chi connectivity index (χ0) is 23.9. The number of nitrogens with one attached hydrogen (secondary N) is 1. The Morgan fingerprint density at radius 2 is 1.74 bits per heavy atom. The van der Waals surface area contributed by atoms with Crippen molar-refractivity contribution in [1.82, 2.24) is 10.2 Å². The third-order valence-corrected chi connectivity index (χ3v) is 7.26. The molecule has 0 unspecified atom stereocenters. The fourth-order valence-electron chi connectivity index (χ4n) is 5.47. The quantitative estimate of drug-likeness (QED) is 0.690. The van der Waals surface area contributed by atoms with E-state index in [-0.39, 0.29) is 5.91 Å². The SMILES string of the molecule is O=C(CN1C(=O)C2(CCN(Cc3ccccc3)CC2)c2c(C3CC3)cccc21)NCC(F)(F)F. The molecule has 8 heteroatoms. The van der Waals surface area contributed by atoms with Crippen molar-refractivity contribution in [3.05, 3.63) is 65.2 Å². The molecule has 1 aliphatic carbocycles. The first-order valence-corrected chi connectivity index (χ1v) is 11.8. The van der Waals surface area contributed by atoms with Gasteiger partial charge in [0.2, 0.25) is 11.8 Å². The monoisotopic (exact) mass is 471 g/mol. The van der Waals surface area contributed by atoms with Crippen LogP contribution < -0.4 is 10.2 Å². The molecule has 1 spiro atoms. The number of amides is 2. The molecule has 2 amide bonds. The van der Waals surface area contributed by atoms with Gasteiger partial charge in [-0.05, 0) is 67.4 Å². The largest absolute Gasteiger partial charge is 0.405 e. The Labute approximate surface area is 196 Å². The number of piperidine rings is 1. The Bertz CT molecular complexity index is 1070. The van der Waals surface area contributed by atoms with E-state index in [0.717, 1.165) is 38.0 Å². The molecule has 2 heterocycles. The zero-order valence-corrected chi connectivity index (χ0v) is 18.9. The number of carbonyl (C=O) groups excluding carboxylic acids is 2. The Balaban J connectivity index is 1.39. The van der Waals surface area contributed by atoms with Crippen molar-refractivity contribution in [2.45, 2.75) is 49.7 Å². The number of alkyl halides is 3. The lowest BCUT2D eigenvalue weighted by atomic mass is 9.71. The van der Waals surface area contributed by atoms with Crippen molar-refractivity contribution >= 4 is 17.5 Å². The fraction of sp³-hybridized carbons (Fsp3) is 0.462. The van der Waals surface area contributed by atoms with Crippen LogP contribution in [0.5, 0.6) is 0 Å². The van der Waals surface area contributed by atoms with Gasteiger partial charge in [-0.3, -0.25) is 14.5 Å². The van der Waals surface area contributed by atoms with E-state index in [1.54, 1.807) is 0 Å². The highest BCUT2D eigenvalue weighted by Gasteiger charge is 2.54. The summed E-state index contributed by atoms with van der Waals surface area (Å²) in [6.07, 6.45) is -1.07. The summed E-state index contributed by atoms with van der Waals surface area (Å²) in [5.41, 5.74) is 3.36. The van der Waals surface area contributed by atoms with Gasteiger partial charge in [-0.25, -0.2) is 0 Å².